The number of hydrogen-bond donors (Lipinski definition) is 0. The second-order valence-electron chi connectivity index (χ2n) is 4.68. The molecule has 0 aliphatic carbocycles. The average molecular weight is 320 g/mol. The smallest absolute Gasteiger partial charge is 0.238 e. The summed E-state index contributed by atoms with van der Waals surface area (Å²) < 4.78 is 5.16. The third-order valence-corrected chi connectivity index (χ3v) is 4.84. The molecule has 0 spiro atoms. The van der Waals surface area contributed by atoms with Crippen molar-refractivity contribution in [2.24, 2.45) is 0 Å². The summed E-state index contributed by atoms with van der Waals surface area (Å²) in [6.07, 6.45) is 0. The number of carbonyl (C=O) groups is 1. The predicted molar refractivity (Wildman–Crippen MR) is 87.1 cm³/mol. The Bertz CT molecular complexity index is 642. The number of rotatable bonds is 3. The van der Waals surface area contributed by atoms with Crippen LogP contribution in [-0.4, -0.2) is 18.8 Å². The van der Waals surface area contributed by atoms with Crippen molar-refractivity contribution in [3.8, 4) is 5.75 Å². The van der Waals surface area contributed by atoms with Crippen LogP contribution in [0.1, 0.15) is 10.9 Å². The van der Waals surface area contributed by atoms with Crippen LogP contribution in [0.2, 0.25) is 5.02 Å². The molecule has 1 fully saturated rings. The molecule has 0 bridgehead atoms. The Kier molecular flexibility index (Phi) is 4.08. The lowest BCUT2D eigenvalue weighted by molar-refractivity contribution is -0.115. The van der Waals surface area contributed by atoms with Crippen LogP contribution in [0, 0.1) is 0 Å². The number of nitrogens with zero attached hydrogens (tertiary/aromatic N) is 1. The number of amides is 1. The van der Waals surface area contributed by atoms with E-state index in [1.165, 1.54) is 0 Å². The molecule has 21 heavy (non-hydrogen) atoms. The van der Waals surface area contributed by atoms with E-state index in [0.717, 1.165) is 17.0 Å². The van der Waals surface area contributed by atoms with Gasteiger partial charge in [-0.05, 0) is 42.0 Å². The summed E-state index contributed by atoms with van der Waals surface area (Å²) in [4.78, 5) is 14.1. The maximum Gasteiger partial charge on any atom is 0.238 e. The highest BCUT2D eigenvalue weighted by molar-refractivity contribution is 8.00. The minimum atomic E-state index is -0.0110. The summed E-state index contributed by atoms with van der Waals surface area (Å²) in [5, 5.41) is 0.687. The van der Waals surface area contributed by atoms with Gasteiger partial charge < -0.3 is 4.74 Å². The van der Waals surface area contributed by atoms with Crippen molar-refractivity contribution in [2.45, 2.75) is 5.37 Å². The number of halogens is 1. The zero-order chi connectivity index (χ0) is 14.8. The Labute approximate surface area is 132 Å². The molecular formula is C16H14ClNO2S. The van der Waals surface area contributed by atoms with Gasteiger partial charge in [-0.3, -0.25) is 9.69 Å². The van der Waals surface area contributed by atoms with E-state index in [1.54, 1.807) is 18.9 Å². The SMILES string of the molecule is COc1ccc(N2C(=O)CS[C@@H]2c2ccc(Cl)cc2)cc1. The molecule has 0 saturated carbocycles. The van der Waals surface area contributed by atoms with Gasteiger partial charge in [0.15, 0.2) is 0 Å². The molecule has 5 heteroatoms. The first-order valence-electron chi connectivity index (χ1n) is 6.52. The van der Waals surface area contributed by atoms with Gasteiger partial charge in [0.1, 0.15) is 11.1 Å². The van der Waals surface area contributed by atoms with Crippen LogP contribution in [-0.2, 0) is 4.79 Å². The zero-order valence-corrected chi connectivity index (χ0v) is 13.0. The lowest BCUT2D eigenvalue weighted by Gasteiger charge is -2.24. The number of anilines is 1. The van der Waals surface area contributed by atoms with E-state index in [4.69, 9.17) is 16.3 Å². The maximum atomic E-state index is 12.2. The fraction of sp³-hybridized carbons (Fsp3) is 0.188. The van der Waals surface area contributed by atoms with Gasteiger partial charge in [0.05, 0.1) is 12.9 Å². The third kappa shape index (κ3) is 2.87. The van der Waals surface area contributed by atoms with E-state index in [9.17, 15) is 4.79 Å². The molecule has 1 aliphatic rings. The average Bonchev–Trinajstić information content (AvgIpc) is 2.90. The Balaban J connectivity index is 1.93. The predicted octanol–water partition coefficient (Wildman–Crippen LogP) is 4.13. The Morgan fingerprint density at radius 3 is 2.43 bits per heavy atom. The second kappa shape index (κ2) is 6.00. The standard InChI is InChI=1S/C16H14ClNO2S/c1-20-14-8-6-13(7-9-14)18-15(19)10-21-16(18)11-2-4-12(17)5-3-11/h2-9,16H,10H2,1H3/t16-/m1/s1. The minimum absolute atomic E-state index is 0.0110. The fourth-order valence-electron chi connectivity index (χ4n) is 2.32. The number of hydrogen-bond acceptors (Lipinski definition) is 3. The van der Waals surface area contributed by atoms with Crippen molar-refractivity contribution < 1.29 is 9.53 Å². The fourth-order valence-corrected chi connectivity index (χ4v) is 3.62. The normalized spacial score (nSPS) is 18.1. The monoisotopic (exact) mass is 319 g/mol. The van der Waals surface area contributed by atoms with Crippen molar-refractivity contribution >= 4 is 35.0 Å². The van der Waals surface area contributed by atoms with Crippen LogP contribution in [0.3, 0.4) is 0 Å². The molecule has 0 aromatic heterocycles. The molecule has 1 saturated heterocycles. The van der Waals surface area contributed by atoms with E-state index in [-0.39, 0.29) is 11.3 Å². The van der Waals surface area contributed by atoms with Crippen LogP contribution in [0.4, 0.5) is 5.69 Å². The van der Waals surface area contributed by atoms with Crippen molar-refractivity contribution in [3.05, 3.63) is 59.1 Å². The molecule has 108 valence electrons. The summed E-state index contributed by atoms with van der Waals surface area (Å²) in [6, 6.07) is 15.2. The lowest BCUT2D eigenvalue weighted by Crippen LogP contribution is -2.27. The van der Waals surface area contributed by atoms with Gasteiger partial charge in [-0.1, -0.05) is 23.7 Å². The quantitative estimate of drug-likeness (QED) is 0.852. The van der Waals surface area contributed by atoms with E-state index < -0.39 is 0 Å². The highest BCUT2D eigenvalue weighted by Gasteiger charge is 2.33. The molecule has 0 radical (unpaired) electrons. The molecule has 3 rings (SSSR count). The molecule has 3 nitrogen and oxygen atoms in total. The minimum Gasteiger partial charge on any atom is -0.497 e. The van der Waals surface area contributed by atoms with Crippen molar-refractivity contribution in [1.82, 2.24) is 0 Å². The van der Waals surface area contributed by atoms with Gasteiger partial charge in [0.2, 0.25) is 5.91 Å². The Morgan fingerprint density at radius 2 is 1.81 bits per heavy atom. The summed E-state index contributed by atoms with van der Waals surface area (Å²) in [7, 11) is 1.63. The largest absolute Gasteiger partial charge is 0.497 e. The molecule has 1 amide bonds. The molecule has 2 aromatic carbocycles. The molecule has 0 unspecified atom stereocenters. The lowest BCUT2D eigenvalue weighted by atomic mass is 10.2. The summed E-state index contributed by atoms with van der Waals surface area (Å²) in [6.45, 7) is 0. The number of thioether (sulfide) groups is 1. The molecule has 1 aliphatic heterocycles. The van der Waals surface area contributed by atoms with E-state index >= 15 is 0 Å². The highest BCUT2D eigenvalue weighted by atomic mass is 35.5. The molecule has 0 N–H and O–H groups in total. The Hall–Kier alpha value is -1.65. The van der Waals surface area contributed by atoms with E-state index in [0.29, 0.717) is 10.8 Å². The molecule has 1 atom stereocenters. The first-order chi connectivity index (χ1) is 10.2. The van der Waals surface area contributed by atoms with Crippen molar-refractivity contribution in [1.29, 1.82) is 0 Å². The van der Waals surface area contributed by atoms with Gasteiger partial charge in [0, 0.05) is 10.7 Å². The van der Waals surface area contributed by atoms with Gasteiger partial charge >= 0.3 is 0 Å². The maximum absolute atomic E-state index is 12.2. The summed E-state index contributed by atoms with van der Waals surface area (Å²) in [5.74, 6) is 1.38. The van der Waals surface area contributed by atoms with Gasteiger partial charge in [-0.2, -0.15) is 0 Å². The highest BCUT2D eigenvalue weighted by Crippen LogP contribution is 2.42. The molecule has 1 heterocycles. The third-order valence-electron chi connectivity index (χ3n) is 3.37. The van der Waals surface area contributed by atoms with E-state index in [1.807, 2.05) is 53.4 Å². The first-order valence-corrected chi connectivity index (χ1v) is 7.95. The number of benzene rings is 2. The van der Waals surface area contributed by atoms with Crippen molar-refractivity contribution in [2.75, 3.05) is 17.8 Å². The Morgan fingerprint density at radius 1 is 1.14 bits per heavy atom. The zero-order valence-electron chi connectivity index (χ0n) is 11.5. The van der Waals surface area contributed by atoms with Crippen LogP contribution in [0.15, 0.2) is 48.5 Å². The van der Waals surface area contributed by atoms with E-state index in [2.05, 4.69) is 0 Å². The first kappa shape index (κ1) is 14.3. The van der Waals surface area contributed by atoms with Crippen molar-refractivity contribution in [3.63, 3.8) is 0 Å². The number of methoxy groups -OCH3 is 1. The van der Waals surface area contributed by atoms with Crippen LogP contribution in [0.25, 0.3) is 0 Å². The summed E-state index contributed by atoms with van der Waals surface area (Å²) in [5.41, 5.74) is 1.96. The van der Waals surface area contributed by atoms with Crippen LogP contribution in [0.5, 0.6) is 5.75 Å². The summed E-state index contributed by atoms with van der Waals surface area (Å²) >= 11 is 7.56. The van der Waals surface area contributed by atoms with Gasteiger partial charge in [0.25, 0.3) is 0 Å². The topological polar surface area (TPSA) is 29.5 Å². The molecule has 2 aromatic rings. The second-order valence-corrected chi connectivity index (χ2v) is 6.18. The molecular weight excluding hydrogens is 306 g/mol. The van der Waals surface area contributed by atoms with Crippen LogP contribution >= 0.6 is 23.4 Å². The van der Waals surface area contributed by atoms with Gasteiger partial charge in [-0.25, -0.2) is 0 Å². The van der Waals surface area contributed by atoms with Crippen LogP contribution < -0.4 is 9.64 Å². The van der Waals surface area contributed by atoms with Gasteiger partial charge in [-0.15, -0.1) is 11.8 Å². The number of ether oxygens (including phenoxy) is 1. The number of carbonyl (C=O) groups excluding carboxylic acids is 1.